The van der Waals surface area contributed by atoms with Crippen molar-refractivity contribution < 1.29 is 8.42 Å². The number of hydrogen-bond acceptors (Lipinski definition) is 3. The van der Waals surface area contributed by atoms with Crippen molar-refractivity contribution in [3.8, 4) is 0 Å². The first-order chi connectivity index (χ1) is 7.16. The van der Waals surface area contributed by atoms with Gasteiger partial charge in [-0.2, -0.15) is 0 Å². The molecule has 1 aliphatic heterocycles. The van der Waals surface area contributed by atoms with Crippen LogP contribution in [0.25, 0.3) is 0 Å². The van der Waals surface area contributed by atoms with Crippen molar-refractivity contribution in [1.29, 1.82) is 0 Å². The van der Waals surface area contributed by atoms with Gasteiger partial charge in [-0.05, 0) is 25.7 Å². The Kier molecular flexibility index (Phi) is 3.67. The van der Waals surface area contributed by atoms with Gasteiger partial charge >= 0.3 is 0 Å². The number of sulfone groups is 1. The molecule has 0 aromatic heterocycles. The maximum atomic E-state index is 11.3. The first-order valence-corrected chi connectivity index (χ1v) is 7.94. The van der Waals surface area contributed by atoms with Gasteiger partial charge in [0.25, 0.3) is 0 Å². The highest BCUT2D eigenvalue weighted by Crippen LogP contribution is 2.20. The summed E-state index contributed by atoms with van der Waals surface area (Å²) in [6, 6.07) is 1.11. The number of nitrogens with one attached hydrogen (secondary N) is 1. The van der Waals surface area contributed by atoms with Crippen LogP contribution >= 0.6 is 0 Å². The lowest BCUT2D eigenvalue weighted by molar-refractivity contribution is 0.324. The maximum absolute atomic E-state index is 11.3. The second-order valence-corrected chi connectivity index (χ2v) is 7.23. The lowest BCUT2D eigenvalue weighted by atomic mass is 9.94. The van der Waals surface area contributed by atoms with Crippen molar-refractivity contribution in [2.24, 2.45) is 0 Å². The van der Waals surface area contributed by atoms with Crippen LogP contribution in [-0.2, 0) is 9.84 Å². The van der Waals surface area contributed by atoms with E-state index in [1.165, 1.54) is 32.1 Å². The molecule has 0 unspecified atom stereocenters. The maximum Gasteiger partial charge on any atom is 0.150 e. The predicted molar refractivity (Wildman–Crippen MR) is 61.7 cm³/mol. The average Bonchev–Trinajstić information content (AvgIpc) is 2.23. The summed E-state index contributed by atoms with van der Waals surface area (Å²) in [5.41, 5.74) is 0. The van der Waals surface area contributed by atoms with Crippen molar-refractivity contribution >= 4 is 9.84 Å². The van der Waals surface area contributed by atoms with Gasteiger partial charge in [0.1, 0.15) is 9.84 Å². The van der Waals surface area contributed by atoms with Crippen molar-refractivity contribution in [3.05, 3.63) is 0 Å². The highest BCUT2D eigenvalue weighted by molar-refractivity contribution is 7.91. The number of rotatable bonds is 2. The minimum atomic E-state index is -2.70. The molecule has 0 radical (unpaired) electrons. The third-order valence-corrected chi connectivity index (χ3v) is 5.35. The van der Waals surface area contributed by atoms with Gasteiger partial charge in [-0.1, -0.05) is 19.3 Å². The molecule has 88 valence electrons. The lowest BCUT2D eigenvalue weighted by Crippen LogP contribution is -2.43. The molecule has 3 nitrogen and oxygen atoms in total. The molecule has 1 heterocycles. The summed E-state index contributed by atoms with van der Waals surface area (Å²) in [5.74, 6) is 0.773. The fraction of sp³-hybridized carbons (Fsp3) is 1.00. The molecular weight excluding hydrogens is 210 g/mol. The Morgan fingerprint density at radius 2 is 1.33 bits per heavy atom. The number of hydrogen-bond donors (Lipinski definition) is 1. The highest BCUT2D eigenvalue weighted by Gasteiger charge is 2.25. The van der Waals surface area contributed by atoms with Gasteiger partial charge in [0.15, 0.2) is 0 Å². The van der Waals surface area contributed by atoms with Crippen molar-refractivity contribution in [2.75, 3.05) is 11.5 Å². The summed E-state index contributed by atoms with van der Waals surface area (Å²) < 4.78 is 22.5. The minimum absolute atomic E-state index is 0.386. The predicted octanol–water partition coefficient (Wildman–Crippen LogP) is 1.49. The summed E-state index contributed by atoms with van der Waals surface area (Å²) in [7, 11) is -2.70. The van der Waals surface area contributed by atoms with E-state index in [-0.39, 0.29) is 0 Å². The summed E-state index contributed by atoms with van der Waals surface area (Å²) in [5, 5.41) is 3.63. The van der Waals surface area contributed by atoms with Crippen molar-refractivity contribution in [3.63, 3.8) is 0 Å². The Balaban J connectivity index is 1.76. The van der Waals surface area contributed by atoms with E-state index >= 15 is 0 Å². The average molecular weight is 231 g/mol. The molecular formula is C11H21NO2S. The molecule has 1 saturated heterocycles. The summed E-state index contributed by atoms with van der Waals surface area (Å²) in [6.07, 6.45) is 8.24. The van der Waals surface area contributed by atoms with Gasteiger partial charge in [0.05, 0.1) is 11.5 Å². The van der Waals surface area contributed by atoms with Crippen LogP contribution in [0.3, 0.4) is 0 Å². The fourth-order valence-electron chi connectivity index (χ4n) is 2.66. The molecule has 2 rings (SSSR count). The zero-order valence-electron chi connectivity index (χ0n) is 9.24. The van der Waals surface area contributed by atoms with E-state index < -0.39 is 9.84 Å². The fourth-order valence-corrected chi connectivity index (χ4v) is 4.15. The van der Waals surface area contributed by atoms with Crippen LogP contribution in [0.4, 0.5) is 0 Å². The van der Waals surface area contributed by atoms with E-state index in [4.69, 9.17) is 0 Å². The van der Waals surface area contributed by atoms with Crippen LogP contribution in [0.15, 0.2) is 0 Å². The molecule has 1 saturated carbocycles. The monoisotopic (exact) mass is 231 g/mol. The molecule has 1 aliphatic carbocycles. The summed E-state index contributed by atoms with van der Waals surface area (Å²) in [6.45, 7) is 0. The van der Waals surface area contributed by atoms with E-state index in [0.717, 1.165) is 12.8 Å². The minimum Gasteiger partial charge on any atom is -0.311 e. The molecule has 0 bridgehead atoms. The van der Waals surface area contributed by atoms with Gasteiger partial charge in [-0.15, -0.1) is 0 Å². The van der Waals surface area contributed by atoms with E-state index in [2.05, 4.69) is 5.32 Å². The van der Waals surface area contributed by atoms with Crippen LogP contribution < -0.4 is 5.32 Å². The molecule has 15 heavy (non-hydrogen) atoms. The first-order valence-electron chi connectivity index (χ1n) is 6.12. The molecule has 2 fully saturated rings. The third kappa shape index (κ3) is 3.45. The Morgan fingerprint density at radius 3 is 1.93 bits per heavy atom. The smallest absolute Gasteiger partial charge is 0.150 e. The molecule has 0 spiro atoms. The Labute approximate surface area is 92.6 Å². The molecule has 0 atom stereocenters. The van der Waals surface area contributed by atoms with Gasteiger partial charge in [0, 0.05) is 12.1 Å². The van der Waals surface area contributed by atoms with Crippen molar-refractivity contribution in [1.82, 2.24) is 5.32 Å². The van der Waals surface area contributed by atoms with Gasteiger partial charge in [-0.25, -0.2) is 8.42 Å². The molecule has 1 N–H and O–H groups in total. The summed E-state index contributed by atoms with van der Waals surface area (Å²) >= 11 is 0. The van der Waals surface area contributed by atoms with Crippen LogP contribution in [0.2, 0.25) is 0 Å². The second-order valence-electron chi connectivity index (χ2n) is 4.93. The quantitative estimate of drug-likeness (QED) is 0.783. The van der Waals surface area contributed by atoms with Crippen LogP contribution in [0.1, 0.15) is 44.9 Å². The Morgan fingerprint density at radius 1 is 0.800 bits per heavy atom. The standard InChI is InChI=1S/C11H21NO2S/c13-15(14)8-6-11(7-9-15)12-10-4-2-1-3-5-10/h10-12H,1-9H2. The van der Waals surface area contributed by atoms with E-state index in [0.29, 0.717) is 23.6 Å². The molecule has 0 amide bonds. The molecule has 0 aromatic rings. The SMILES string of the molecule is O=S1(=O)CCC(NC2CCCCC2)CC1. The molecule has 4 heteroatoms. The largest absolute Gasteiger partial charge is 0.311 e. The van der Waals surface area contributed by atoms with E-state index in [1.807, 2.05) is 0 Å². The van der Waals surface area contributed by atoms with Crippen LogP contribution in [0.5, 0.6) is 0 Å². The van der Waals surface area contributed by atoms with Gasteiger partial charge in [-0.3, -0.25) is 0 Å². The van der Waals surface area contributed by atoms with Crippen LogP contribution in [0, 0.1) is 0 Å². The van der Waals surface area contributed by atoms with Gasteiger partial charge in [0.2, 0.25) is 0 Å². The summed E-state index contributed by atoms with van der Waals surface area (Å²) in [4.78, 5) is 0. The molecule has 2 aliphatic rings. The zero-order valence-corrected chi connectivity index (χ0v) is 10.1. The normalized spacial score (nSPS) is 29.1. The highest BCUT2D eigenvalue weighted by atomic mass is 32.2. The Hall–Kier alpha value is -0.0900. The topological polar surface area (TPSA) is 46.2 Å². The van der Waals surface area contributed by atoms with E-state index in [1.54, 1.807) is 0 Å². The first kappa shape index (κ1) is 11.4. The lowest BCUT2D eigenvalue weighted by Gasteiger charge is -2.30. The van der Waals surface area contributed by atoms with Gasteiger partial charge < -0.3 is 5.32 Å². The Bertz CT molecular complexity index is 280. The second kappa shape index (κ2) is 4.83. The van der Waals surface area contributed by atoms with Crippen LogP contribution in [-0.4, -0.2) is 32.0 Å². The third-order valence-electron chi connectivity index (χ3n) is 3.63. The molecule has 0 aromatic carbocycles. The van der Waals surface area contributed by atoms with E-state index in [9.17, 15) is 8.42 Å². The van der Waals surface area contributed by atoms with Crippen molar-refractivity contribution in [2.45, 2.75) is 57.0 Å². The zero-order chi connectivity index (χ0) is 10.7.